The van der Waals surface area contributed by atoms with Crippen molar-refractivity contribution in [1.82, 2.24) is 4.90 Å². The van der Waals surface area contributed by atoms with Gasteiger partial charge in [-0.15, -0.1) is 0 Å². The molecule has 21 heavy (non-hydrogen) atoms. The number of carboxylic acid groups (broad SMARTS) is 1. The van der Waals surface area contributed by atoms with E-state index in [0.29, 0.717) is 29.6 Å². The Hall–Kier alpha value is -1.26. The third-order valence-electron chi connectivity index (χ3n) is 4.33. The summed E-state index contributed by atoms with van der Waals surface area (Å²) in [7, 11) is 0. The van der Waals surface area contributed by atoms with Crippen molar-refractivity contribution in [2.75, 3.05) is 13.1 Å². The van der Waals surface area contributed by atoms with Crippen molar-refractivity contribution in [2.24, 2.45) is 11.8 Å². The average Bonchev–Trinajstić information content (AvgIpc) is 3.08. The average molecular weight is 328 g/mol. The van der Waals surface area contributed by atoms with Crippen molar-refractivity contribution >= 4 is 35.1 Å². The Bertz CT molecular complexity index is 605. The Balaban J connectivity index is 1.64. The molecule has 4 nitrogen and oxygen atoms in total. The van der Waals surface area contributed by atoms with Gasteiger partial charge in [0.05, 0.1) is 16.0 Å². The summed E-state index contributed by atoms with van der Waals surface area (Å²) in [6.07, 6.45) is 1.34. The summed E-state index contributed by atoms with van der Waals surface area (Å²) in [6, 6.07) is 5.46. The van der Waals surface area contributed by atoms with Gasteiger partial charge in [-0.3, -0.25) is 9.59 Å². The number of likely N-dealkylation sites (tertiary alicyclic amines) is 1. The largest absolute Gasteiger partial charge is 0.481 e. The fourth-order valence-electron chi connectivity index (χ4n) is 2.98. The zero-order valence-electron chi connectivity index (χ0n) is 11.3. The number of hydrogen-bond acceptors (Lipinski definition) is 2. The van der Waals surface area contributed by atoms with Crippen LogP contribution in [0.2, 0.25) is 10.0 Å². The Kier molecular flexibility index (Phi) is 3.84. The third kappa shape index (κ3) is 2.87. The van der Waals surface area contributed by atoms with Gasteiger partial charge in [-0.1, -0.05) is 29.3 Å². The molecule has 1 saturated carbocycles. The van der Waals surface area contributed by atoms with E-state index < -0.39 is 11.9 Å². The zero-order valence-corrected chi connectivity index (χ0v) is 12.8. The Labute approximate surface area is 132 Å². The minimum atomic E-state index is -0.817. The Morgan fingerprint density at radius 1 is 1.24 bits per heavy atom. The van der Waals surface area contributed by atoms with Crippen molar-refractivity contribution in [1.29, 1.82) is 0 Å². The van der Waals surface area contributed by atoms with Crippen LogP contribution in [0.5, 0.6) is 0 Å². The lowest BCUT2D eigenvalue weighted by Gasteiger charge is -2.15. The highest BCUT2D eigenvalue weighted by molar-refractivity contribution is 6.42. The molecule has 3 unspecified atom stereocenters. The van der Waals surface area contributed by atoms with Crippen LogP contribution < -0.4 is 0 Å². The van der Waals surface area contributed by atoms with Gasteiger partial charge in [-0.25, -0.2) is 0 Å². The molecule has 3 atom stereocenters. The third-order valence-corrected chi connectivity index (χ3v) is 5.07. The van der Waals surface area contributed by atoms with E-state index in [1.54, 1.807) is 11.0 Å². The molecule has 0 spiro atoms. The summed E-state index contributed by atoms with van der Waals surface area (Å²) in [5.74, 6) is -1.04. The predicted octanol–water partition coefficient (Wildman–Crippen LogP) is 3.03. The van der Waals surface area contributed by atoms with Gasteiger partial charge in [-0.05, 0) is 36.5 Å². The Morgan fingerprint density at radius 3 is 2.62 bits per heavy atom. The van der Waals surface area contributed by atoms with Gasteiger partial charge in [0, 0.05) is 19.0 Å². The van der Waals surface area contributed by atoms with Gasteiger partial charge >= 0.3 is 5.97 Å². The molecule has 0 bridgehead atoms. The lowest BCUT2D eigenvalue weighted by Crippen LogP contribution is -2.31. The fraction of sp³-hybridized carbons (Fsp3) is 0.467. The van der Waals surface area contributed by atoms with E-state index in [0.717, 1.165) is 12.0 Å². The van der Waals surface area contributed by atoms with Crippen LogP contribution in [0.15, 0.2) is 18.2 Å². The highest BCUT2D eigenvalue weighted by Gasteiger charge is 2.47. The predicted molar refractivity (Wildman–Crippen MR) is 79.6 cm³/mol. The minimum absolute atomic E-state index is 0.0465. The quantitative estimate of drug-likeness (QED) is 0.928. The van der Waals surface area contributed by atoms with Gasteiger partial charge in [0.2, 0.25) is 5.91 Å². The first-order chi connectivity index (χ1) is 9.97. The second kappa shape index (κ2) is 5.50. The van der Waals surface area contributed by atoms with E-state index in [2.05, 4.69) is 0 Å². The second-order valence-corrected chi connectivity index (χ2v) is 6.54. The van der Waals surface area contributed by atoms with Crippen LogP contribution in [-0.2, 0) is 9.59 Å². The normalized spacial score (nSPS) is 27.7. The number of carbonyl (C=O) groups excluding carboxylic acids is 1. The van der Waals surface area contributed by atoms with E-state index in [-0.39, 0.29) is 17.7 Å². The van der Waals surface area contributed by atoms with Crippen LogP contribution in [0.4, 0.5) is 0 Å². The molecule has 6 heteroatoms. The molecule has 1 N–H and O–H groups in total. The van der Waals surface area contributed by atoms with Crippen molar-refractivity contribution in [3.63, 3.8) is 0 Å². The minimum Gasteiger partial charge on any atom is -0.481 e. The zero-order chi connectivity index (χ0) is 15.1. The number of hydrogen-bond donors (Lipinski definition) is 1. The highest BCUT2D eigenvalue weighted by atomic mass is 35.5. The molecule has 1 saturated heterocycles. The van der Waals surface area contributed by atoms with E-state index in [4.69, 9.17) is 28.3 Å². The van der Waals surface area contributed by atoms with Crippen molar-refractivity contribution < 1.29 is 14.7 Å². The molecule has 1 aliphatic carbocycles. The number of carbonyl (C=O) groups is 2. The standard InChI is InChI=1S/C15H15Cl2NO3/c16-12-2-1-8(5-13(12)17)10-6-11(10)14(19)18-4-3-9(7-18)15(20)21/h1-2,5,9-11H,3-4,6-7H2,(H,20,21). The van der Waals surface area contributed by atoms with Gasteiger partial charge in [0.25, 0.3) is 0 Å². The number of amides is 1. The summed E-state index contributed by atoms with van der Waals surface area (Å²) in [4.78, 5) is 25.0. The lowest BCUT2D eigenvalue weighted by molar-refractivity contribution is -0.141. The van der Waals surface area contributed by atoms with Crippen LogP contribution in [0, 0.1) is 11.8 Å². The maximum absolute atomic E-state index is 12.4. The van der Waals surface area contributed by atoms with Crippen LogP contribution in [-0.4, -0.2) is 35.0 Å². The maximum Gasteiger partial charge on any atom is 0.308 e. The van der Waals surface area contributed by atoms with Gasteiger partial charge in [0.15, 0.2) is 0 Å². The molecule has 1 aliphatic heterocycles. The molecule has 1 heterocycles. The van der Waals surface area contributed by atoms with Crippen LogP contribution in [0.3, 0.4) is 0 Å². The molecule has 2 fully saturated rings. The molecule has 2 aliphatic rings. The Morgan fingerprint density at radius 2 is 2.00 bits per heavy atom. The summed E-state index contributed by atoms with van der Waals surface area (Å²) in [5, 5.41) is 10.00. The lowest BCUT2D eigenvalue weighted by atomic mass is 10.1. The monoisotopic (exact) mass is 327 g/mol. The maximum atomic E-state index is 12.4. The molecule has 1 aromatic rings. The topological polar surface area (TPSA) is 57.6 Å². The first-order valence-electron chi connectivity index (χ1n) is 6.94. The van der Waals surface area contributed by atoms with Crippen molar-refractivity contribution in [2.45, 2.75) is 18.8 Å². The molecule has 0 radical (unpaired) electrons. The van der Waals surface area contributed by atoms with E-state index >= 15 is 0 Å². The fourth-order valence-corrected chi connectivity index (χ4v) is 3.28. The smallest absolute Gasteiger partial charge is 0.308 e. The van der Waals surface area contributed by atoms with E-state index in [1.165, 1.54) is 0 Å². The molecule has 0 aromatic heterocycles. The molecule has 1 amide bonds. The number of benzene rings is 1. The summed E-state index contributed by atoms with van der Waals surface area (Å²) < 4.78 is 0. The van der Waals surface area contributed by atoms with Gasteiger partial charge < -0.3 is 10.0 Å². The van der Waals surface area contributed by atoms with Crippen molar-refractivity contribution in [3.05, 3.63) is 33.8 Å². The SMILES string of the molecule is O=C(O)C1CCN(C(=O)C2CC2c2ccc(Cl)c(Cl)c2)C1. The number of aliphatic carboxylic acids is 1. The molecular weight excluding hydrogens is 313 g/mol. The number of rotatable bonds is 3. The first-order valence-corrected chi connectivity index (χ1v) is 7.69. The van der Waals surface area contributed by atoms with E-state index in [9.17, 15) is 9.59 Å². The molecule has 3 rings (SSSR count). The van der Waals surface area contributed by atoms with Gasteiger partial charge in [0.1, 0.15) is 0 Å². The number of nitrogens with zero attached hydrogens (tertiary/aromatic N) is 1. The first kappa shape index (κ1) is 14.7. The molecular formula is C15H15Cl2NO3. The number of halogens is 2. The number of carboxylic acids is 1. The van der Waals surface area contributed by atoms with Gasteiger partial charge in [-0.2, -0.15) is 0 Å². The summed E-state index contributed by atoms with van der Waals surface area (Å²) in [5.41, 5.74) is 1.02. The molecule has 112 valence electrons. The van der Waals surface area contributed by atoms with Crippen molar-refractivity contribution in [3.8, 4) is 0 Å². The second-order valence-electron chi connectivity index (χ2n) is 5.73. The highest BCUT2D eigenvalue weighted by Crippen LogP contribution is 2.49. The van der Waals surface area contributed by atoms with E-state index in [1.807, 2.05) is 12.1 Å². The summed E-state index contributed by atoms with van der Waals surface area (Å²) >= 11 is 11.9. The summed E-state index contributed by atoms with van der Waals surface area (Å²) in [6.45, 7) is 0.874. The van der Waals surface area contributed by atoms with Crippen LogP contribution in [0.1, 0.15) is 24.3 Å². The van der Waals surface area contributed by atoms with Crippen LogP contribution in [0.25, 0.3) is 0 Å². The van der Waals surface area contributed by atoms with Crippen LogP contribution >= 0.6 is 23.2 Å². The molecule has 1 aromatic carbocycles.